The Hall–Kier alpha value is -16.2. The number of rotatable bonds is 8. The van der Waals surface area contributed by atoms with Crippen molar-refractivity contribution in [3.8, 4) is 89.8 Å². The fourth-order valence-corrected chi connectivity index (χ4v) is 18.5. The zero-order valence-electron chi connectivity index (χ0n) is 64.7. The van der Waals surface area contributed by atoms with Crippen LogP contribution in [0.3, 0.4) is 0 Å². The van der Waals surface area contributed by atoms with Crippen molar-refractivity contribution in [3.63, 3.8) is 0 Å². The minimum absolute atomic E-state index is 0.911. The van der Waals surface area contributed by atoms with Crippen molar-refractivity contribution >= 4 is 163 Å². The highest BCUT2D eigenvalue weighted by Gasteiger charge is 2.23. The Morgan fingerprint density at radius 2 is 0.375 bits per heavy atom. The van der Waals surface area contributed by atoms with Crippen molar-refractivity contribution in [3.05, 3.63) is 401 Å². The maximum atomic E-state index is 5.36. The molecule has 8 nitrogen and oxygen atoms in total. The predicted molar refractivity (Wildman–Crippen MR) is 501 cm³/mol. The molecule has 17 aromatic carbocycles. The minimum Gasteiger partial charge on any atom is -0.254 e. The molecule has 0 spiro atoms. The largest absolute Gasteiger partial charge is 0.254 e. The van der Waals surface area contributed by atoms with Gasteiger partial charge in [-0.2, -0.15) is 0 Å². The monoisotopic (exact) mass is 1520 g/mol. The highest BCUT2D eigenvalue weighted by atomic mass is 14.8. The first-order valence-electron chi connectivity index (χ1n) is 40.7. The van der Waals surface area contributed by atoms with E-state index in [1.54, 1.807) is 0 Å². The van der Waals surface area contributed by atoms with Crippen LogP contribution in [0.5, 0.6) is 0 Å². The molecule has 25 aromatic rings. The molecule has 0 atom stereocenters. The standard InChI is InChI=1S/C58H34N4.C54H32N4/c1-3-13-43-39(10-1)34-40-11-2-4-14-44(40)54(43)51-29-24-41-32-37(22-26-49(41)60-51)38-23-27-50-42(33-38)25-30-52(61-50)55-45-15-5-7-17-47(45)56(48-18-8-6-16-46(48)55)53-28-21-36-20-19-35-12-9-31-59-57(35)58(36)62-53;1-2-9-36-30-39(18-15-33(36)8-1)47-26-22-40-31-37(20-24-46(40)56-47)38-21-25-48-41(32-38)23-28-49(57-48)51-42-11-3-5-13-44(42)52(45-14-6-4-12-43(45)51)50-27-19-35-17-16-34-10-7-29-55-53(34)54(35)58-50/h1-34H;1-32H. The Morgan fingerprint density at radius 1 is 0.133 bits per heavy atom. The lowest BCUT2D eigenvalue weighted by molar-refractivity contribution is 1.38. The maximum Gasteiger partial charge on any atom is 0.0972 e. The van der Waals surface area contributed by atoms with Crippen LogP contribution < -0.4 is 0 Å². The summed E-state index contributed by atoms with van der Waals surface area (Å²) in [7, 11) is 0. The van der Waals surface area contributed by atoms with Crippen LogP contribution in [-0.4, -0.2) is 39.9 Å². The second-order valence-corrected chi connectivity index (χ2v) is 31.2. The van der Waals surface area contributed by atoms with Crippen molar-refractivity contribution in [2.75, 3.05) is 0 Å². The van der Waals surface area contributed by atoms with Crippen molar-refractivity contribution in [2.24, 2.45) is 0 Å². The normalized spacial score (nSPS) is 11.8. The Kier molecular flexibility index (Phi) is 15.8. The van der Waals surface area contributed by atoms with Crippen LogP contribution in [-0.2, 0) is 0 Å². The third-order valence-corrected chi connectivity index (χ3v) is 24.2. The molecule has 8 aromatic heterocycles. The van der Waals surface area contributed by atoms with E-state index in [1.165, 1.54) is 37.9 Å². The molecule has 120 heavy (non-hydrogen) atoms. The van der Waals surface area contributed by atoms with Gasteiger partial charge >= 0.3 is 0 Å². The van der Waals surface area contributed by atoms with E-state index in [9.17, 15) is 0 Å². The molecule has 554 valence electrons. The van der Waals surface area contributed by atoms with Crippen molar-refractivity contribution in [1.29, 1.82) is 0 Å². The number of nitrogens with zero attached hydrogens (tertiary/aromatic N) is 8. The molecule has 0 saturated heterocycles. The molecule has 8 heterocycles. The molecule has 0 saturated carbocycles. The van der Waals surface area contributed by atoms with Crippen LogP contribution >= 0.6 is 0 Å². The molecular formula is C112H66N8. The van der Waals surface area contributed by atoms with E-state index >= 15 is 0 Å². The van der Waals surface area contributed by atoms with Gasteiger partial charge in [0.2, 0.25) is 0 Å². The maximum absolute atomic E-state index is 5.36. The first kappa shape index (κ1) is 68.3. The molecule has 8 heteroatoms. The first-order chi connectivity index (χ1) is 59.4. The summed E-state index contributed by atoms with van der Waals surface area (Å²) in [6, 6.07) is 138. The summed E-state index contributed by atoms with van der Waals surface area (Å²) in [5.74, 6) is 0. The second-order valence-electron chi connectivity index (χ2n) is 31.2. The number of hydrogen-bond acceptors (Lipinski definition) is 8. The van der Waals surface area contributed by atoms with Crippen LogP contribution in [0, 0.1) is 0 Å². The van der Waals surface area contributed by atoms with E-state index < -0.39 is 0 Å². The van der Waals surface area contributed by atoms with Gasteiger partial charge in [-0.3, -0.25) is 9.97 Å². The summed E-state index contributed by atoms with van der Waals surface area (Å²) in [4.78, 5) is 41.1. The average Bonchev–Trinajstić information content (AvgIpc) is 0.731. The second kappa shape index (κ2) is 27.8. The van der Waals surface area contributed by atoms with Crippen molar-refractivity contribution < 1.29 is 0 Å². The number of benzene rings is 17. The molecule has 0 aliphatic heterocycles. The molecule has 0 aliphatic carbocycles. The van der Waals surface area contributed by atoms with Gasteiger partial charge in [-0.15, -0.1) is 0 Å². The highest BCUT2D eigenvalue weighted by molar-refractivity contribution is 6.24. The SMILES string of the molecule is c1ccc2c(-c3ccc4cc(-c5ccc6nc(-c7c8ccccc8c(-c8ccc9ccc%10cccnc%10c9n8)c8ccccc78)ccc6c5)ccc4n3)c3ccccc3cc2c1.c1ccc2cc(-c3ccc4cc(-c5ccc6nc(-c7c8ccccc8c(-c8ccc9ccc%10cccnc%10c9n8)c8ccccc78)ccc6c5)ccc4n3)ccc2c1. The average molecular weight is 1520 g/mol. The predicted octanol–water partition coefficient (Wildman–Crippen LogP) is 29.2. The summed E-state index contributed by atoms with van der Waals surface area (Å²) in [5.41, 5.74) is 24.6. The Bertz CT molecular complexity index is 8490. The van der Waals surface area contributed by atoms with Gasteiger partial charge in [0.25, 0.3) is 0 Å². The third-order valence-electron chi connectivity index (χ3n) is 24.2. The van der Waals surface area contributed by atoms with Gasteiger partial charge in [-0.25, -0.2) is 29.9 Å². The van der Waals surface area contributed by atoms with Gasteiger partial charge in [0.05, 0.1) is 78.3 Å². The molecule has 0 unspecified atom stereocenters. The summed E-state index contributed by atoms with van der Waals surface area (Å²) in [5, 5.41) is 25.2. The van der Waals surface area contributed by atoms with E-state index in [1.807, 2.05) is 24.5 Å². The number of aromatic nitrogens is 8. The zero-order valence-corrected chi connectivity index (χ0v) is 64.7. The topological polar surface area (TPSA) is 103 Å². The summed E-state index contributed by atoms with van der Waals surface area (Å²) >= 11 is 0. The number of pyridine rings is 8. The molecule has 0 radical (unpaired) electrons. The molecule has 0 amide bonds. The minimum atomic E-state index is 0.911. The molecule has 25 rings (SSSR count). The van der Waals surface area contributed by atoms with E-state index in [4.69, 9.17) is 39.9 Å². The van der Waals surface area contributed by atoms with E-state index in [2.05, 4.69) is 376 Å². The van der Waals surface area contributed by atoms with Gasteiger partial charge < -0.3 is 0 Å². The fraction of sp³-hybridized carbons (Fsp3) is 0. The smallest absolute Gasteiger partial charge is 0.0972 e. The number of fused-ring (bicyclic) bond motifs is 17. The molecule has 0 N–H and O–H groups in total. The Labute approximate surface area is 688 Å². The Balaban J connectivity index is 0.000000137. The lowest BCUT2D eigenvalue weighted by Crippen LogP contribution is -1.95. The first-order valence-corrected chi connectivity index (χ1v) is 40.7. The quantitative estimate of drug-likeness (QED) is 0.109. The summed E-state index contributed by atoms with van der Waals surface area (Å²) < 4.78 is 0. The van der Waals surface area contributed by atoms with Crippen molar-refractivity contribution in [2.45, 2.75) is 0 Å². The lowest BCUT2D eigenvalue weighted by Gasteiger charge is -2.17. The van der Waals surface area contributed by atoms with Crippen LogP contribution in [0.25, 0.3) is 252 Å². The van der Waals surface area contributed by atoms with E-state index in [-0.39, 0.29) is 0 Å². The van der Waals surface area contributed by atoms with Crippen LogP contribution in [0.15, 0.2) is 401 Å². The fourth-order valence-electron chi connectivity index (χ4n) is 18.5. The molecule has 0 aliphatic rings. The molecule has 0 fully saturated rings. The number of hydrogen-bond donors (Lipinski definition) is 0. The van der Waals surface area contributed by atoms with Gasteiger partial charge in [0.1, 0.15) is 0 Å². The zero-order chi connectivity index (χ0) is 78.9. The van der Waals surface area contributed by atoms with Gasteiger partial charge in [-0.05, 0) is 207 Å². The van der Waals surface area contributed by atoms with Gasteiger partial charge in [-0.1, -0.05) is 279 Å². The third kappa shape index (κ3) is 11.5. The van der Waals surface area contributed by atoms with Gasteiger partial charge in [0.15, 0.2) is 0 Å². The highest BCUT2D eigenvalue weighted by Crippen LogP contribution is 2.47. The summed E-state index contributed by atoms with van der Waals surface area (Å²) in [6.07, 6.45) is 3.69. The van der Waals surface area contributed by atoms with E-state index in [0.717, 1.165) is 215 Å². The van der Waals surface area contributed by atoms with E-state index in [0.29, 0.717) is 0 Å². The van der Waals surface area contributed by atoms with Crippen LogP contribution in [0.1, 0.15) is 0 Å². The van der Waals surface area contributed by atoms with Crippen molar-refractivity contribution in [1.82, 2.24) is 39.9 Å². The van der Waals surface area contributed by atoms with Crippen LogP contribution in [0.4, 0.5) is 0 Å². The lowest BCUT2D eigenvalue weighted by atomic mass is 9.88. The molecule has 0 bridgehead atoms. The Morgan fingerprint density at radius 3 is 0.742 bits per heavy atom. The summed E-state index contributed by atoms with van der Waals surface area (Å²) in [6.45, 7) is 0. The van der Waals surface area contributed by atoms with Gasteiger partial charge in [0, 0.05) is 88.9 Å². The molecular weight excluding hydrogens is 1460 g/mol. The van der Waals surface area contributed by atoms with Crippen LogP contribution in [0.2, 0.25) is 0 Å².